The number of ether oxygens (including phenoxy) is 3. The number of methoxy groups -OCH3 is 3. The summed E-state index contributed by atoms with van der Waals surface area (Å²) in [5.74, 6) is 2.93. The average Bonchev–Trinajstić information content (AvgIpc) is 2.69. The molecule has 0 heterocycles. The van der Waals surface area contributed by atoms with E-state index in [1.54, 1.807) is 21.3 Å². The standard InChI is InChI=1S/C20H26BrN3O3/c1-5-22-20(24-13-15-8-6-7-9-17(15)25-2)23-12-14-10-16(21)19(27-4)18(11-14)26-3/h6-11H,5,12-13H2,1-4H3,(H2,22,23,24). The average molecular weight is 436 g/mol. The van der Waals surface area contributed by atoms with Gasteiger partial charge in [-0.15, -0.1) is 0 Å². The van der Waals surface area contributed by atoms with Gasteiger partial charge in [-0.1, -0.05) is 18.2 Å². The first kappa shape index (κ1) is 20.9. The number of guanidine groups is 1. The van der Waals surface area contributed by atoms with Crippen molar-refractivity contribution >= 4 is 21.9 Å². The summed E-state index contributed by atoms with van der Waals surface area (Å²) in [7, 11) is 4.91. The normalized spacial score (nSPS) is 11.1. The Kier molecular flexibility index (Phi) is 8.26. The van der Waals surface area contributed by atoms with Gasteiger partial charge in [0.05, 0.1) is 32.3 Å². The van der Waals surface area contributed by atoms with Crippen molar-refractivity contribution in [1.29, 1.82) is 0 Å². The summed E-state index contributed by atoms with van der Waals surface area (Å²) in [6.07, 6.45) is 0. The minimum Gasteiger partial charge on any atom is -0.496 e. The number of para-hydroxylation sites is 1. The molecule has 2 aromatic rings. The van der Waals surface area contributed by atoms with Crippen LogP contribution in [-0.4, -0.2) is 33.8 Å². The number of halogens is 1. The molecule has 0 amide bonds. The highest BCUT2D eigenvalue weighted by molar-refractivity contribution is 9.10. The summed E-state index contributed by atoms with van der Waals surface area (Å²) in [6, 6.07) is 11.8. The molecule has 0 spiro atoms. The van der Waals surface area contributed by atoms with Crippen LogP contribution in [0.25, 0.3) is 0 Å². The van der Waals surface area contributed by atoms with Crippen molar-refractivity contribution in [2.45, 2.75) is 20.0 Å². The second kappa shape index (κ2) is 10.7. The number of aliphatic imine (C=N–C) groups is 1. The summed E-state index contributed by atoms with van der Waals surface area (Å²) in [5.41, 5.74) is 2.08. The Bertz CT molecular complexity index is 781. The van der Waals surface area contributed by atoms with Gasteiger partial charge in [0.15, 0.2) is 17.5 Å². The van der Waals surface area contributed by atoms with Gasteiger partial charge in [0.1, 0.15) is 5.75 Å². The molecule has 0 unspecified atom stereocenters. The maximum Gasteiger partial charge on any atom is 0.191 e. The van der Waals surface area contributed by atoms with E-state index in [0.29, 0.717) is 24.6 Å². The molecule has 2 aromatic carbocycles. The minimum atomic E-state index is 0.500. The highest BCUT2D eigenvalue weighted by Gasteiger charge is 2.10. The predicted molar refractivity (Wildman–Crippen MR) is 112 cm³/mol. The molecule has 6 nitrogen and oxygen atoms in total. The molecule has 0 fully saturated rings. The van der Waals surface area contributed by atoms with Crippen LogP contribution in [0.4, 0.5) is 0 Å². The number of nitrogens with one attached hydrogen (secondary N) is 2. The monoisotopic (exact) mass is 435 g/mol. The number of benzene rings is 2. The van der Waals surface area contributed by atoms with Crippen molar-refractivity contribution in [1.82, 2.24) is 10.6 Å². The van der Waals surface area contributed by atoms with Crippen molar-refractivity contribution < 1.29 is 14.2 Å². The number of hydrogen-bond donors (Lipinski definition) is 2. The van der Waals surface area contributed by atoms with E-state index in [2.05, 4.69) is 31.6 Å². The summed E-state index contributed by atoms with van der Waals surface area (Å²) < 4.78 is 17.0. The summed E-state index contributed by atoms with van der Waals surface area (Å²) in [4.78, 5) is 4.66. The van der Waals surface area contributed by atoms with Gasteiger partial charge < -0.3 is 24.8 Å². The first-order chi connectivity index (χ1) is 13.1. The SMILES string of the molecule is CCNC(=NCc1cc(Br)c(OC)c(OC)c1)NCc1ccccc1OC. The van der Waals surface area contributed by atoms with Gasteiger partial charge in [-0.25, -0.2) is 4.99 Å². The first-order valence-electron chi connectivity index (χ1n) is 8.67. The zero-order valence-corrected chi connectivity index (χ0v) is 17.7. The Morgan fingerprint density at radius 3 is 2.41 bits per heavy atom. The molecule has 2 rings (SSSR count). The van der Waals surface area contributed by atoms with Crippen LogP contribution in [0, 0.1) is 0 Å². The molecule has 0 aliphatic carbocycles. The molecule has 0 saturated carbocycles. The molecule has 0 bridgehead atoms. The highest BCUT2D eigenvalue weighted by atomic mass is 79.9. The summed E-state index contributed by atoms with van der Waals surface area (Å²) in [5, 5.41) is 6.60. The lowest BCUT2D eigenvalue weighted by molar-refractivity contribution is 0.352. The van der Waals surface area contributed by atoms with Gasteiger partial charge in [-0.3, -0.25) is 0 Å². The molecule has 0 aliphatic rings. The number of nitrogens with zero attached hydrogens (tertiary/aromatic N) is 1. The van der Waals surface area contributed by atoms with E-state index >= 15 is 0 Å². The summed E-state index contributed by atoms with van der Waals surface area (Å²) in [6.45, 7) is 3.92. The van der Waals surface area contributed by atoms with E-state index in [-0.39, 0.29) is 0 Å². The smallest absolute Gasteiger partial charge is 0.191 e. The van der Waals surface area contributed by atoms with Crippen molar-refractivity contribution in [2.24, 2.45) is 4.99 Å². The zero-order chi connectivity index (χ0) is 19.6. The molecule has 0 saturated heterocycles. The van der Waals surface area contributed by atoms with Gasteiger partial charge >= 0.3 is 0 Å². The van der Waals surface area contributed by atoms with Gasteiger partial charge in [-0.05, 0) is 46.6 Å². The predicted octanol–water partition coefficient (Wildman–Crippen LogP) is 3.73. The molecule has 27 heavy (non-hydrogen) atoms. The van der Waals surface area contributed by atoms with Gasteiger partial charge in [0.25, 0.3) is 0 Å². The molecule has 0 aromatic heterocycles. The van der Waals surface area contributed by atoms with Crippen molar-refractivity contribution in [3.05, 3.63) is 52.0 Å². The lowest BCUT2D eigenvalue weighted by Crippen LogP contribution is -2.36. The fourth-order valence-electron chi connectivity index (χ4n) is 2.60. The Morgan fingerprint density at radius 1 is 1.00 bits per heavy atom. The maximum absolute atomic E-state index is 5.40. The lowest BCUT2D eigenvalue weighted by atomic mass is 10.2. The van der Waals surface area contributed by atoms with Crippen LogP contribution in [0.15, 0.2) is 45.9 Å². The van der Waals surface area contributed by atoms with Crippen LogP contribution in [0.5, 0.6) is 17.2 Å². The van der Waals surface area contributed by atoms with E-state index in [9.17, 15) is 0 Å². The minimum absolute atomic E-state index is 0.500. The van der Waals surface area contributed by atoms with Gasteiger partial charge in [0, 0.05) is 18.7 Å². The van der Waals surface area contributed by atoms with E-state index in [1.165, 1.54) is 0 Å². The molecular formula is C20H26BrN3O3. The molecule has 0 atom stereocenters. The second-order valence-electron chi connectivity index (χ2n) is 5.67. The van der Waals surface area contributed by atoms with Gasteiger partial charge in [0.2, 0.25) is 0 Å². The third-order valence-electron chi connectivity index (χ3n) is 3.90. The fraction of sp³-hybridized carbons (Fsp3) is 0.350. The Hall–Kier alpha value is -2.41. The Labute approximate surface area is 169 Å². The lowest BCUT2D eigenvalue weighted by Gasteiger charge is -2.14. The Balaban J connectivity index is 2.12. The molecular weight excluding hydrogens is 410 g/mol. The molecule has 2 N–H and O–H groups in total. The van der Waals surface area contributed by atoms with Crippen LogP contribution in [0.2, 0.25) is 0 Å². The first-order valence-corrected chi connectivity index (χ1v) is 9.46. The van der Waals surface area contributed by atoms with E-state index < -0.39 is 0 Å². The van der Waals surface area contributed by atoms with Gasteiger partial charge in [-0.2, -0.15) is 0 Å². The number of hydrogen-bond acceptors (Lipinski definition) is 4. The van der Waals surface area contributed by atoms with Crippen LogP contribution < -0.4 is 24.8 Å². The van der Waals surface area contributed by atoms with E-state index in [4.69, 9.17) is 14.2 Å². The van der Waals surface area contributed by atoms with Crippen molar-refractivity contribution in [2.75, 3.05) is 27.9 Å². The third kappa shape index (κ3) is 5.79. The van der Waals surface area contributed by atoms with Crippen LogP contribution in [-0.2, 0) is 13.1 Å². The largest absolute Gasteiger partial charge is 0.496 e. The third-order valence-corrected chi connectivity index (χ3v) is 4.49. The topological polar surface area (TPSA) is 64.1 Å². The summed E-state index contributed by atoms with van der Waals surface area (Å²) >= 11 is 3.52. The fourth-order valence-corrected chi connectivity index (χ4v) is 3.25. The highest BCUT2D eigenvalue weighted by Crippen LogP contribution is 2.36. The maximum atomic E-state index is 5.40. The second-order valence-corrected chi connectivity index (χ2v) is 6.53. The van der Waals surface area contributed by atoms with Crippen molar-refractivity contribution in [3.8, 4) is 17.2 Å². The van der Waals surface area contributed by atoms with E-state index in [1.807, 2.05) is 43.3 Å². The quantitative estimate of drug-likeness (QED) is 0.488. The number of rotatable bonds is 8. The molecule has 146 valence electrons. The van der Waals surface area contributed by atoms with E-state index in [0.717, 1.165) is 33.9 Å². The Morgan fingerprint density at radius 2 is 1.74 bits per heavy atom. The molecule has 0 aliphatic heterocycles. The zero-order valence-electron chi connectivity index (χ0n) is 16.1. The van der Waals surface area contributed by atoms with Crippen LogP contribution >= 0.6 is 15.9 Å². The molecule has 7 heteroatoms. The van der Waals surface area contributed by atoms with Crippen LogP contribution in [0.1, 0.15) is 18.1 Å². The molecule has 0 radical (unpaired) electrons. The van der Waals surface area contributed by atoms with Crippen molar-refractivity contribution in [3.63, 3.8) is 0 Å². The van der Waals surface area contributed by atoms with Crippen LogP contribution in [0.3, 0.4) is 0 Å².